The van der Waals surface area contributed by atoms with Crippen molar-refractivity contribution in [3.63, 3.8) is 0 Å². The Labute approximate surface area is 79.8 Å². The van der Waals surface area contributed by atoms with Gasteiger partial charge in [-0.2, -0.15) is 0 Å². The van der Waals surface area contributed by atoms with E-state index in [1.807, 2.05) is 0 Å². The van der Waals surface area contributed by atoms with Gasteiger partial charge in [-0.15, -0.1) is 0 Å². The molecule has 1 aromatic rings. The van der Waals surface area contributed by atoms with Gasteiger partial charge in [0, 0.05) is 18.6 Å². The zero-order chi connectivity index (χ0) is 8.65. The summed E-state index contributed by atoms with van der Waals surface area (Å²) in [7, 11) is 0. The second-order valence-corrected chi connectivity index (χ2v) is 3.17. The molecule has 74 valence electrons. The Kier molecular flexibility index (Phi) is 7.17. The Morgan fingerprint density at radius 1 is 0.923 bits per heavy atom. The minimum atomic E-state index is 0. The molecule has 0 aliphatic heterocycles. The fourth-order valence-corrected chi connectivity index (χ4v) is 1.30. The first kappa shape index (κ1) is 12.1. The van der Waals surface area contributed by atoms with Crippen LogP contribution < -0.4 is 9.27 Å². The van der Waals surface area contributed by atoms with Gasteiger partial charge in [-0.05, 0) is 6.42 Å². The molecule has 1 rings (SSSR count). The summed E-state index contributed by atoms with van der Waals surface area (Å²) in [5, 5.41) is 0. The number of hydrogen-bond acceptors (Lipinski definition) is 0. The van der Waals surface area contributed by atoms with Gasteiger partial charge in [0.15, 0.2) is 12.4 Å². The van der Waals surface area contributed by atoms with E-state index in [0.717, 1.165) is 0 Å². The van der Waals surface area contributed by atoms with Crippen molar-refractivity contribution in [1.82, 2.24) is 0 Å². The van der Waals surface area contributed by atoms with Crippen LogP contribution in [0.1, 0.15) is 32.6 Å². The molecule has 0 aliphatic carbocycles. The van der Waals surface area contributed by atoms with Crippen LogP contribution in [-0.4, -0.2) is 0 Å². The van der Waals surface area contributed by atoms with Crippen molar-refractivity contribution in [2.24, 2.45) is 0 Å². The summed E-state index contributed by atoms with van der Waals surface area (Å²) in [6.07, 6.45) is 9.62. The zero-order valence-electron chi connectivity index (χ0n) is 8.25. The van der Waals surface area contributed by atoms with Gasteiger partial charge in [0.1, 0.15) is 6.54 Å². The third kappa shape index (κ3) is 5.34. The third-order valence-electron chi connectivity index (χ3n) is 2.05. The summed E-state index contributed by atoms with van der Waals surface area (Å²) in [5.74, 6) is 0. The second kappa shape index (κ2) is 7.71. The Balaban J connectivity index is 0.00000144. The van der Waals surface area contributed by atoms with Gasteiger partial charge in [0.05, 0.1) is 0 Å². The van der Waals surface area contributed by atoms with Crippen LogP contribution >= 0.6 is 0 Å². The van der Waals surface area contributed by atoms with Crippen molar-refractivity contribution >= 4 is 0 Å². The highest BCUT2D eigenvalue weighted by Crippen LogP contribution is 1.97. The normalized spacial score (nSPS) is 9.31. The summed E-state index contributed by atoms with van der Waals surface area (Å²) in [5.41, 5.74) is 0. The van der Waals surface area contributed by atoms with E-state index >= 15 is 0 Å². The van der Waals surface area contributed by atoms with Crippen molar-refractivity contribution < 1.29 is 9.27 Å². The van der Waals surface area contributed by atoms with Crippen LogP contribution in [0, 0.1) is 0 Å². The lowest BCUT2D eigenvalue weighted by molar-refractivity contribution is -0.697. The lowest BCUT2D eigenvalue weighted by Gasteiger charge is -1.95. The van der Waals surface area contributed by atoms with Crippen molar-refractivity contribution in [1.29, 1.82) is 0 Å². The molecule has 1 nitrogen and oxygen atoms in total. The van der Waals surface area contributed by atoms with E-state index in [1.165, 1.54) is 32.2 Å². The molecule has 0 unspecified atom stereocenters. The van der Waals surface area contributed by atoms with Crippen LogP contribution in [-0.2, 0) is 6.54 Å². The first-order chi connectivity index (χ1) is 5.93. The number of hydrogen-bond donors (Lipinski definition) is 0. The number of unbranched alkanes of at least 4 members (excludes halogenated alkanes) is 3. The lowest BCUT2D eigenvalue weighted by atomic mass is 10.2. The van der Waals surface area contributed by atoms with Crippen LogP contribution in [0.25, 0.3) is 0 Å². The second-order valence-electron chi connectivity index (χ2n) is 3.17. The largest absolute Gasteiger partial charge is 1.00 e. The standard InChI is InChI=1S/C11H18N.FH/c1-2-3-4-6-9-12-10-7-5-8-11-12;/h5,7-8,10-11H,2-4,6,9H2,1H3;1H/q+1;/p-1. The van der Waals surface area contributed by atoms with E-state index in [0.29, 0.717) is 0 Å². The van der Waals surface area contributed by atoms with Crippen molar-refractivity contribution in [2.45, 2.75) is 39.2 Å². The number of pyridine rings is 1. The van der Waals surface area contributed by atoms with Crippen LogP contribution in [0.3, 0.4) is 0 Å². The maximum atomic E-state index is 2.25. The molecule has 0 amide bonds. The third-order valence-corrected chi connectivity index (χ3v) is 2.05. The molecule has 1 heterocycles. The molecule has 0 fully saturated rings. The summed E-state index contributed by atoms with van der Waals surface area (Å²) in [4.78, 5) is 0. The monoisotopic (exact) mass is 183 g/mol. The lowest BCUT2D eigenvalue weighted by Crippen LogP contribution is -3.00. The van der Waals surface area contributed by atoms with Gasteiger partial charge < -0.3 is 4.70 Å². The molecule has 1 aromatic heterocycles. The Morgan fingerprint density at radius 2 is 1.62 bits per heavy atom. The molecule has 0 spiro atoms. The fourth-order valence-electron chi connectivity index (χ4n) is 1.30. The Bertz CT molecular complexity index is 199. The van der Waals surface area contributed by atoms with Gasteiger partial charge in [-0.1, -0.05) is 25.8 Å². The molecule has 0 N–H and O–H groups in total. The van der Waals surface area contributed by atoms with Gasteiger partial charge in [0.2, 0.25) is 0 Å². The predicted molar refractivity (Wildman–Crippen MR) is 50.8 cm³/mol. The number of aromatic nitrogens is 1. The molecule has 0 radical (unpaired) electrons. The topological polar surface area (TPSA) is 3.88 Å². The predicted octanol–water partition coefficient (Wildman–Crippen LogP) is -0.442. The van der Waals surface area contributed by atoms with E-state index in [-0.39, 0.29) is 4.70 Å². The molecular formula is C11H18FN. The van der Waals surface area contributed by atoms with E-state index in [1.54, 1.807) is 0 Å². The first-order valence-corrected chi connectivity index (χ1v) is 4.87. The highest BCUT2D eigenvalue weighted by molar-refractivity contribution is 4.83. The zero-order valence-corrected chi connectivity index (χ0v) is 8.25. The minimum absolute atomic E-state index is 0. The van der Waals surface area contributed by atoms with E-state index in [2.05, 4.69) is 42.1 Å². The molecule has 0 saturated carbocycles. The van der Waals surface area contributed by atoms with Gasteiger partial charge in [-0.3, -0.25) is 0 Å². The average molecular weight is 183 g/mol. The van der Waals surface area contributed by atoms with Crippen LogP contribution in [0.5, 0.6) is 0 Å². The maximum absolute atomic E-state index is 2.25. The molecule has 0 bridgehead atoms. The number of nitrogens with zero attached hydrogens (tertiary/aromatic N) is 1. The van der Waals surface area contributed by atoms with Crippen molar-refractivity contribution in [3.05, 3.63) is 30.6 Å². The highest BCUT2D eigenvalue weighted by Gasteiger charge is 1.95. The molecule has 0 atom stereocenters. The van der Waals surface area contributed by atoms with Crippen molar-refractivity contribution in [2.75, 3.05) is 0 Å². The smallest absolute Gasteiger partial charge is 0.168 e. The number of rotatable bonds is 5. The van der Waals surface area contributed by atoms with E-state index < -0.39 is 0 Å². The summed E-state index contributed by atoms with van der Waals surface area (Å²) < 4.78 is 2.25. The van der Waals surface area contributed by atoms with Gasteiger partial charge in [0.25, 0.3) is 0 Å². The molecule has 2 heteroatoms. The van der Waals surface area contributed by atoms with E-state index in [4.69, 9.17) is 0 Å². The quantitative estimate of drug-likeness (QED) is 0.430. The van der Waals surface area contributed by atoms with Crippen LogP contribution in [0.4, 0.5) is 0 Å². The summed E-state index contributed by atoms with van der Waals surface area (Å²) in [6.45, 7) is 3.41. The maximum Gasteiger partial charge on any atom is 0.168 e. The number of aryl methyl sites for hydroxylation is 1. The molecule has 13 heavy (non-hydrogen) atoms. The molecular weight excluding hydrogens is 165 g/mol. The Hall–Kier alpha value is -0.920. The van der Waals surface area contributed by atoms with Crippen LogP contribution in [0.2, 0.25) is 0 Å². The number of halogens is 1. The fraction of sp³-hybridized carbons (Fsp3) is 0.545. The highest BCUT2D eigenvalue weighted by atomic mass is 19.0. The van der Waals surface area contributed by atoms with Crippen LogP contribution in [0.15, 0.2) is 30.6 Å². The van der Waals surface area contributed by atoms with E-state index in [9.17, 15) is 0 Å². The van der Waals surface area contributed by atoms with Gasteiger partial charge >= 0.3 is 0 Å². The van der Waals surface area contributed by atoms with Gasteiger partial charge in [-0.25, -0.2) is 4.57 Å². The molecule has 0 aliphatic rings. The SMILES string of the molecule is CCCCCC[n+]1ccccc1.[F-]. The Morgan fingerprint density at radius 3 is 2.23 bits per heavy atom. The summed E-state index contributed by atoms with van der Waals surface area (Å²) >= 11 is 0. The molecule has 0 saturated heterocycles. The average Bonchev–Trinajstić information content (AvgIpc) is 2.14. The molecule has 0 aromatic carbocycles. The minimum Gasteiger partial charge on any atom is -1.00 e. The first-order valence-electron chi connectivity index (χ1n) is 4.87. The summed E-state index contributed by atoms with van der Waals surface area (Å²) in [6, 6.07) is 6.22. The van der Waals surface area contributed by atoms with Crippen molar-refractivity contribution in [3.8, 4) is 0 Å².